The minimum absolute atomic E-state index is 0.311. The highest BCUT2D eigenvalue weighted by Gasteiger charge is 2.19. The molecule has 6 nitrogen and oxygen atoms in total. The third-order valence-electron chi connectivity index (χ3n) is 1.83. The Morgan fingerprint density at radius 1 is 1.67 bits per heavy atom. The van der Waals surface area contributed by atoms with Crippen LogP contribution in [0.15, 0.2) is 10.8 Å². The summed E-state index contributed by atoms with van der Waals surface area (Å²) in [7, 11) is 1.67. The normalized spacial score (nSPS) is 12.2. The van der Waals surface area contributed by atoms with Gasteiger partial charge in [0.15, 0.2) is 0 Å². The van der Waals surface area contributed by atoms with Gasteiger partial charge in [-0.1, -0.05) is 0 Å². The molecular formula is C8H10BrN3O3. The molecule has 0 aliphatic rings. The molecule has 15 heavy (non-hydrogen) atoms. The first-order chi connectivity index (χ1) is 6.93. The summed E-state index contributed by atoms with van der Waals surface area (Å²) < 4.78 is 1.98. The van der Waals surface area contributed by atoms with E-state index in [0.717, 1.165) is 0 Å². The van der Waals surface area contributed by atoms with Crippen molar-refractivity contribution in [2.45, 2.75) is 13.0 Å². The van der Waals surface area contributed by atoms with Gasteiger partial charge in [-0.3, -0.25) is 14.3 Å². The first-order valence-corrected chi connectivity index (χ1v) is 4.94. The lowest BCUT2D eigenvalue weighted by atomic mass is 10.3. The Morgan fingerprint density at radius 3 is 2.67 bits per heavy atom. The molecule has 1 atom stereocenters. The molecule has 0 saturated carbocycles. The van der Waals surface area contributed by atoms with Crippen LogP contribution in [0.4, 0.5) is 0 Å². The molecule has 0 spiro atoms. The summed E-state index contributed by atoms with van der Waals surface area (Å²) in [5.74, 6) is -1.55. The largest absolute Gasteiger partial charge is 0.480 e. The van der Waals surface area contributed by atoms with E-state index in [1.54, 1.807) is 7.05 Å². The molecule has 1 aromatic rings. The van der Waals surface area contributed by atoms with E-state index in [9.17, 15) is 9.59 Å². The van der Waals surface area contributed by atoms with Crippen molar-refractivity contribution < 1.29 is 14.7 Å². The predicted molar refractivity (Wildman–Crippen MR) is 55.5 cm³/mol. The Hall–Kier alpha value is -1.37. The van der Waals surface area contributed by atoms with Crippen LogP contribution in [0.3, 0.4) is 0 Å². The topological polar surface area (TPSA) is 84.2 Å². The van der Waals surface area contributed by atoms with Crippen molar-refractivity contribution in [3.05, 3.63) is 16.4 Å². The lowest BCUT2D eigenvalue weighted by molar-refractivity contribution is -0.138. The summed E-state index contributed by atoms with van der Waals surface area (Å²) in [4.78, 5) is 22.0. The van der Waals surface area contributed by atoms with Crippen LogP contribution < -0.4 is 5.32 Å². The number of aliphatic carboxylic acids is 1. The number of hydrogen-bond donors (Lipinski definition) is 2. The van der Waals surface area contributed by atoms with Crippen molar-refractivity contribution in [3.8, 4) is 0 Å². The maximum atomic E-state index is 11.5. The molecule has 0 saturated heterocycles. The number of nitrogens with one attached hydrogen (secondary N) is 1. The molecule has 0 aliphatic carbocycles. The van der Waals surface area contributed by atoms with Crippen LogP contribution in [0, 0.1) is 0 Å². The zero-order valence-electron chi connectivity index (χ0n) is 8.19. The van der Waals surface area contributed by atoms with Gasteiger partial charge in [-0.15, -0.1) is 0 Å². The van der Waals surface area contributed by atoms with Gasteiger partial charge in [-0.05, 0) is 22.9 Å². The van der Waals surface area contributed by atoms with Crippen LogP contribution in [0.1, 0.15) is 17.3 Å². The average Bonchev–Trinajstić information content (AvgIpc) is 2.47. The SMILES string of the molecule is C[C@H](NC(=O)c1cnn(C)c1Br)C(=O)O. The highest BCUT2D eigenvalue weighted by Crippen LogP contribution is 2.14. The highest BCUT2D eigenvalue weighted by molar-refractivity contribution is 9.10. The van der Waals surface area contributed by atoms with Gasteiger partial charge in [0.2, 0.25) is 0 Å². The van der Waals surface area contributed by atoms with Gasteiger partial charge in [0.25, 0.3) is 5.91 Å². The minimum Gasteiger partial charge on any atom is -0.480 e. The number of nitrogens with zero attached hydrogens (tertiary/aromatic N) is 2. The molecule has 0 aliphatic heterocycles. The van der Waals surface area contributed by atoms with Gasteiger partial charge in [0.1, 0.15) is 10.6 Å². The minimum atomic E-state index is -1.08. The Morgan fingerprint density at radius 2 is 2.27 bits per heavy atom. The number of carboxylic acid groups (broad SMARTS) is 1. The smallest absolute Gasteiger partial charge is 0.325 e. The van der Waals surface area contributed by atoms with Crippen LogP contribution in [-0.4, -0.2) is 32.8 Å². The van der Waals surface area contributed by atoms with Crippen molar-refractivity contribution in [1.29, 1.82) is 0 Å². The van der Waals surface area contributed by atoms with E-state index in [2.05, 4.69) is 26.3 Å². The molecule has 2 N–H and O–H groups in total. The first-order valence-electron chi connectivity index (χ1n) is 4.14. The van der Waals surface area contributed by atoms with E-state index < -0.39 is 17.9 Å². The summed E-state index contributed by atoms with van der Waals surface area (Å²) in [5, 5.41) is 14.8. The van der Waals surface area contributed by atoms with Gasteiger partial charge < -0.3 is 10.4 Å². The summed E-state index contributed by atoms with van der Waals surface area (Å²) in [6, 6.07) is -0.926. The Bertz CT molecular complexity index is 402. The highest BCUT2D eigenvalue weighted by atomic mass is 79.9. The summed E-state index contributed by atoms with van der Waals surface area (Å²) in [5.41, 5.74) is 0.311. The van der Waals surface area contributed by atoms with Crippen molar-refractivity contribution in [2.24, 2.45) is 7.05 Å². The van der Waals surface area contributed by atoms with E-state index in [1.165, 1.54) is 17.8 Å². The fraction of sp³-hybridized carbons (Fsp3) is 0.375. The average molecular weight is 276 g/mol. The van der Waals surface area contributed by atoms with Crippen LogP contribution in [0.2, 0.25) is 0 Å². The van der Waals surface area contributed by atoms with E-state index in [4.69, 9.17) is 5.11 Å². The van der Waals surface area contributed by atoms with Crippen molar-refractivity contribution >= 4 is 27.8 Å². The van der Waals surface area contributed by atoms with Crippen molar-refractivity contribution in [1.82, 2.24) is 15.1 Å². The number of rotatable bonds is 3. The van der Waals surface area contributed by atoms with Crippen molar-refractivity contribution in [2.75, 3.05) is 0 Å². The molecule has 1 rings (SSSR count). The fourth-order valence-electron chi connectivity index (χ4n) is 0.911. The van der Waals surface area contributed by atoms with Gasteiger partial charge >= 0.3 is 5.97 Å². The monoisotopic (exact) mass is 275 g/mol. The molecule has 82 valence electrons. The van der Waals surface area contributed by atoms with Crippen LogP contribution in [0.5, 0.6) is 0 Å². The number of hydrogen-bond acceptors (Lipinski definition) is 3. The lowest BCUT2D eigenvalue weighted by Gasteiger charge is -2.07. The third-order valence-corrected chi connectivity index (χ3v) is 2.77. The van der Waals surface area contributed by atoms with E-state index >= 15 is 0 Å². The summed E-state index contributed by atoms with van der Waals surface area (Å²) in [6.45, 7) is 1.39. The predicted octanol–water partition coefficient (Wildman–Crippen LogP) is 0.385. The second-order valence-electron chi connectivity index (χ2n) is 3.01. The molecule has 0 bridgehead atoms. The first kappa shape index (κ1) is 11.7. The Kier molecular flexibility index (Phi) is 3.46. The number of carbonyl (C=O) groups is 2. The van der Waals surface area contributed by atoms with Gasteiger partial charge in [-0.2, -0.15) is 5.10 Å². The molecule has 0 radical (unpaired) electrons. The number of amides is 1. The van der Waals surface area contributed by atoms with Gasteiger partial charge in [-0.25, -0.2) is 0 Å². The van der Waals surface area contributed by atoms with Gasteiger partial charge in [0, 0.05) is 7.05 Å². The van der Waals surface area contributed by atoms with E-state index in [0.29, 0.717) is 10.2 Å². The number of carbonyl (C=O) groups excluding carboxylic acids is 1. The maximum Gasteiger partial charge on any atom is 0.325 e. The molecule has 7 heteroatoms. The van der Waals surface area contributed by atoms with E-state index in [1.807, 2.05) is 0 Å². The number of aromatic nitrogens is 2. The number of halogens is 1. The molecule has 0 aromatic carbocycles. The molecule has 1 heterocycles. The maximum absolute atomic E-state index is 11.5. The Balaban J connectivity index is 2.78. The molecule has 0 unspecified atom stereocenters. The number of carboxylic acids is 1. The van der Waals surface area contributed by atoms with Gasteiger partial charge in [0.05, 0.1) is 11.8 Å². The second-order valence-corrected chi connectivity index (χ2v) is 3.76. The number of aryl methyl sites for hydroxylation is 1. The summed E-state index contributed by atoms with van der Waals surface area (Å²) >= 11 is 3.17. The molecule has 1 aromatic heterocycles. The summed E-state index contributed by atoms with van der Waals surface area (Å²) in [6.07, 6.45) is 1.37. The zero-order chi connectivity index (χ0) is 11.6. The lowest BCUT2D eigenvalue weighted by Crippen LogP contribution is -2.38. The van der Waals surface area contributed by atoms with Crippen LogP contribution >= 0.6 is 15.9 Å². The molecule has 0 fully saturated rings. The van der Waals surface area contributed by atoms with Crippen LogP contribution in [0.25, 0.3) is 0 Å². The van der Waals surface area contributed by atoms with E-state index in [-0.39, 0.29) is 0 Å². The Labute approximate surface area is 94.4 Å². The third kappa shape index (κ3) is 2.56. The molecule has 1 amide bonds. The van der Waals surface area contributed by atoms with Crippen LogP contribution in [-0.2, 0) is 11.8 Å². The molecular weight excluding hydrogens is 266 g/mol. The fourth-order valence-corrected chi connectivity index (χ4v) is 1.29. The standard InChI is InChI=1S/C8H10BrN3O3/c1-4(8(14)15)11-7(13)5-3-10-12(2)6(5)9/h3-4H,1-2H3,(H,11,13)(H,14,15)/t4-/m0/s1. The second kappa shape index (κ2) is 4.43. The van der Waals surface area contributed by atoms with Crippen molar-refractivity contribution in [3.63, 3.8) is 0 Å². The zero-order valence-corrected chi connectivity index (χ0v) is 9.78. The quantitative estimate of drug-likeness (QED) is 0.836.